The van der Waals surface area contributed by atoms with Gasteiger partial charge in [-0.1, -0.05) is 12.2 Å². The lowest BCUT2D eigenvalue weighted by Crippen LogP contribution is -2.45. The van der Waals surface area contributed by atoms with Crippen LogP contribution in [-0.4, -0.2) is 45.2 Å². The summed E-state index contributed by atoms with van der Waals surface area (Å²) in [6.45, 7) is 2.45. The minimum atomic E-state index is -4.50. The molecule has 0 aromatic carbocycles. The number of hydrogen-bond acceptors (Lipinski definition) is 3. The van der Waals surface area contributed by atoms with Crippen LogP contribution in [0.25, 0.3) is 0 Å². The zero-order chi connectivity index (χ0) is 16.3. The van der Waals surface area contributed by atoms with Gasteiger partial charge in [-0.15, -0.1) is 0 Å². The molecular weight excluding hydrogens is 317 g/mol. The Morgan fingerprint density at radius 2 is 2.14 bits per heavy atom. The minimum absolute atomic E-state index is 0.173. The summed E-state index contributed by atoms with van der Waals surface area (Å²) < 4.78 is 38.9. The van der Waals surface area contributed by atoms with Crippen molar-refractivity contribution >= 4 is 23.6 Å². The van der Waals surface area contributed by atoms with E-state index in [9.17, 15) is 18.0 Å². The fourth-order valence-electron chi connectivity index (χ4n) is 2.43. The van der Waals surface area contributed by atoms with Crippen molar-refractivity contribution in [2.24, 2.45) is 0 Å². The van der Waals surface area contributed by atoms with E-state index in [0.717, 1.165) is 23.6 Å². The monoisotopic (exact) mass is 334 g/mol. The number of aromatic nitrogens is 2. The highest BCUT2D eigenvalue weighted by Gasteiger charge is 2.34. The van der Waals surface area contributed by atoms with Gasteiger partial charge >= 0.3 is 6.18 Å². The van der Waals surface area contributed by atoms with E-state index in [4.69, 9.17) is 12.2 Å². The number of thiocarbonyl (C=S) groups is 1. The van der Waals surface area contributed by atoms with Gasteiger partial charge in [0.05, 0.1) is 5.49 Å². The van der Waals surface area contributed by atoms with Crippen LogP contribution in [0.15, 0.2) is 6.07 Å². The number of carbonyl (C=O) groups is 1. The molecule has 1 fully saturated rings. The van der Waals surface area contributed by atoms with E-state index in [0.29, 0.717) is 18.8 Å². The first-order valence-electron chi connectivity index (χ1n) is 6.90. The molecule has 0 unspecified atom stereocenters. The fraction of sp³-hybridized carbons (Fsp3) is 0.615. The van der Waals surface area contributed by atoms with Crippen LogP contribution < -0.4 is 5.32 Å². The van der Waals surface area contributed by atoms with Crippen molar-refractivity contribution in [3.63, 3.8) is 0 Å². The number of hydrogen-bond donors (Lipinski definition) is 1. The third kappa shape index (κ3) is 3.96. The van der Waals surface area contributed by atoms with Crippen molar-refractivity contribution in [1.29, 1.82) is 0 Å². The summed E-state index contributed by atoms with van der Waals surface area (Å²) in [5.41, 5.74) is 0.813. The molecule has 0 bridgehead atoms. The molecule has 5 nitrogen and oxygen atoms in total. The number of likely N-dealkylation sites (tertiary alicyclic amines) is 1. The van der Waals surface area contributed by atoms with Crippen molar-refractivity contribution in [3.05, 3.63) is 17.5 Å². The van der Waals surface area contributed by atoms with Crippen LogP contribution in [0.5, 0.6) is 0 Å². The van der Waals surface area contributed by atoms with E-state index in [-0.39, 0.29) is 18.5 Å². The summed E-state index contributed by atoms with van der Waals surface area (Å²) in [7, 11) is 0. The molecular formula is C13H17F3N4OS. The van der Waals surface area contributed by atoms with Crippen molar-refractivity contribution in [2.75, 3.05) is 13.1 Å². The van der Waals surface area contributed by atoms with Crippen LogP contribution in [0, 0.1) is 6.92 Å². The smallest absolute Gasteiger partial charge is 0.379 e. The lowest BCUT2D eigenvalue weighted by atomic mass is 10.1. The Labute approximate surface area is 131 Å². The Morgan fingerprint density at radius 1 is 1.50 bits per heavy atom. The van der Waals surface area contributed by atoms with Gasteiger partial charge in [-0.05, 0) is 25.8 Å². The van der Waals surface area contributed by atoms with Gasteiger partial charge in [0.25, 0.3) is 0 Å². The van der Waals surface area contributed by atoms with Crippen molar-refractivity contribution in [1.82, 2.24) is 20.0 Å². The number of piperidine rings is 1. The highest BCUT2D eigenvalue weighted by molar-refractivity contribution is 7.78. The van der Waals surface area contributed by atoms with E-state index in [1.54, 1.807) is 4.90 Å². The van der Waals surface area contributed by atoms with Crippen LogP contribution in [0.2, 0.25) is 0 Å². The number of aryl methyl sites for hydroxylation is 1. The molecule has 1 aliphatic rings. The molecule has 9 heteroatoms. The number of carbonyl (C=O) groups excluding carboxylic acids is 1. The molecule has 2 heterocycles. The maximum Gasteiger partial charge on any atom is 0.435 e. The topological polar surface area (TPSA) is 50.2 Å². The van der Waals surface area contributed by atoms with Gasteiger partial charge in [-0.3, -0.25) is 9.48 Å². The Bertz CT molecular complexity index is 550. The molecule has 1 aliphatic heterocycles. The summed E-state index contributed by atoms with van der Waals surface area (Å²) in [6.07, 6.45) is -2.96. The lowest BCUT2D eigenvalue weighted by Gasteiger charge is -2.32. The van der Waals surface area contributed by atoms with E-state index >= 15 is 0 Å². The van der Waals surface area contributed by atoms with Crippen LogP contribution in [0.1, 0.15) is 24.2 Å². The highest BCUT2D eigenvalue weighted by atomic mass is 32.1. The number of nitrogens with one attached hydrogen (secondary N) is 1. The number of nitrogens with zero attached hydrogens (tertiary/aromatic N) is 3. The van der Waals surface area contributed by atoms with Gasteiger partial charge in [0.2, 0.25) is 5.91 Å². The first-order chi connectivity index (χ1) is 10.3. The van der Waals surface area contributed by atoms with Gasteiger partial charge in [0, 0.05) is 24.8 Å². The molecule has 1 saturated heterocycles. The summed E-state index contributed by atoms with van der Waals surface area (Å²) in [5, 5.41) is 6.51. The average molecular weight is 334 g/mol. The van der Waals surface area contributed by atoms with Gasteiger partial charge in [0.15, 0.2) is 5.69 Å². The molecule has 1 amide bonds. The van der Waals surface area contributed by atoms with Crippen molar-refractivity contribution in [2.45, 2.75) is 38.5 Å². The largest absolute Gasteiger partial charge is 0.435 e. The van der Waals surface area contributed by atoms with Crippen molar-refractivity contribution in [3.8, 4) is 0 Å². The minimum Gasteiger partial charge on any atom is -0.379 e. The molecule has 0 spiro atoms. The Kier molecular flexibility index (Phi) is 5.05. The second-order valence-electron chi connectivity index (χ2n) is 5.27. The first-order valence-corrected chi connectivity index (χ1v) is 7.37. The second kappa shape index (κ2) is 6.64. The zero-order valence-corrected chi connectivity index (χ0v) is 12.9. The normalized spacial score (nSPS) is 16.6. The van der Waals surface area contributed by atoms with Gasteiger partial charge in [-0.2, -0.15) is 18.3 Å². The van der Waals surface area contributed by atoms with Crippen molar-refractivity contribution < 1.29 is 18.0 Å². The molecule has 2 rings (SSSR count). The van der Waals surface area contributed by atoms with Crippen LogP contribution in [0.3, 0.4) is 0 Å². The summed E-state index contributed by atoms with van der Waals surface area (Å²) in [4.78, 5) is 13.8. The van der Waals surface area contributed by atoms with Gasteiger partial charge in [-0.25, -0.2) is 0 Å². The van der Waals surface area contributed by atoms with Crippen LogP contribution >= 0.6 is 12.2 Å². The number of rotatable bonds is 4. The predicted molar refractivity (Wildman–Crippen MR) is 78.4 cm³/mol. The fourth-order valence-corrected chi connectivity index (χ4v) is 2.62. The Hall–Kier alpha value is -1.64. The molecule has 22 heavy (non-hydrogen) atoms. The van der Waals surface area contributed by atoms with Crippen LogP contribution in [-0.2, 0) is 17.5 Å². The predicted octanol–water partition coefficient (Wildman–Crippen LogP) is 1.75. The highest BCUT2D eigenvalue weighted by Crippen LogP contribution is 2.28. The molecule has 0 saturated carbocycles. The lowest BCUT2D eigenvalue weighted by molar-refractivity contribution is -0.142. The maximum absolute atomic E-state index is 12.6. The van der Waals surface area contributed by atoms with E-state index in [1.165, 1.54) is 12.4 Å². The first kappa shape index (κ1) is 16.7. The number of alkyl halides is 3. The summed E-state index contributed by atoms with van der Waals surface area (Å²) >= 11 is 4.73. The maximum atomic E-state index is 12.6. The average Bonchev–Trinajstić information content (AvgIpc) is 2.81. The van der Waals surface area contributed by atoms with E-state index in [2.05, 4.69) is 10.4 Å². The second-order valence-corrected chi connectivity index (χ2v) is 5.50. The summed E-state index contributed by atoms with van der Waals surface area (Å²) in [5.74, 6) is -0.222. The van der Waals surface area contributed by atoms with Gasteiger partial charge in [0.1, 0.15) is 6.54 Å². The molecule has 1 N–H and O–H groups in total. The van der Waals surface area contributed by atoms with Gasteiger partial charge < -0.3 is 10.2 Å². The van der Waals surface area contributed by atoms with Crippen LogP contribution in [0.4, 0.5) is 13.2 Å². The quantitative estimate of drug-likeness (QED) is 0.853. The number of halogens is 3. The third-order valence-corrected chi connectivity index (χ3v) is 3.84. The third-order valence-electron chi connectivity index (χ3n) is 3.71. The Morgan fingerprint density at radius 3 is 2.64 bits per heavy atom. The van der Waals surface area contributed by atoms with E-state index in [1.807, 2.05) is 0 Å². The zero-order valence-electron chi connectivity index (χ0n) is 12.1. The molecule has 0 atom stereocenters. The molecule has 1 aromatic rings. The number of amides is 1. The summed E-state index contributed by atoms with van der Waals surface area (Å²) in [6, 6.07) is 1.20. The van der Waals surface area contributed by atoms with E-state index < -0.39 is 11.9 Å². The SMILES string of the molecule is Cc1cc(C(F)(F)F)nn1CC(=O)N1CCC(NC=S)CC1. The standard InChI is InChI=1S/C13H17F3N4OS/c1-9-6-11(13(14,15)16)18-20(9)7-12(21)19-4-2-10(3-5-19)17-8-22/h6,8,10H,2-5,7H2,1H3,(H,17,22). The molecule has 1 aromatic heterocycles. The molecule has 0 radical (unpaired) electrons. The molecule has 0 aliphatic carbocycles. The molecule has 122 valence electrons. The Balaban J connectivity index is 1.95.